The minimum atomic E-state index is -4.36. The van der Waals surface area contributed by atoms with Crippen LogP contribution in [0, 0.1) is 5.92 Å². The molecule has 0 fully saturated rings. The van der Waals surface area contributed by atoms with Gasteiger partial charge in [0.2, 0.25) is 0 Å². The van der Waals surface area contributed by atoms with Crippen molar-refractivity contribution >= 4 is 35.6 Å². The van der Waals surface area contributed by atoms with Crippen LogP contribution in [0.25, 0.3) is 11.1 Å². The summed E-state index contributed by atoms with van der Waals surface area (Å²) in [4.78, 5) is 0. The van der Waals surface area contributed by atoms with Crippen LogP contribution in [0.3, 0.4) is 0 Å². The minimum absolute atomic E-state index is 0. The Hall–Kier alpha value is -1.53. The molecular weight excluding hydrogens is 607 g/mol. The van der Waals surface area contributed by atoms with Gasteiger partial charge in [-0.2, -0.15) is 0 Å². The predicted molar refractivity (Wildman–Crippen MR) is 181 cm³/mol. The van der Waals surface area contributed by atoms with Crippen molar-refractivity contribution in [1.82, 2.24) is 0 Å². The predicted octanol–water partition coefficient (Wildman–Crippen LogP) is 9.69. The average molecular weight is 655 g/mol. The van der Waals surface area contributed by atoms with Crippen LogP contribution in [-0.4, -0.2) is 4.21 Å². The van der Waals surface area contributed by atoms with Crippen molar-refractivity contribution in [3.63, 3.8) is 0 Å². The molecule has 0 nitrogen and oxygen atoms in total. The molecule has 0 saturated carbocycles. The van der Waals surface area contributed by atoms with Crippen molar-refractivity contribution in [3.8, 4) is 11.1 Å². The van der Waals surface area contributed by atoms with Gasteiger partial charge in [0.1, 0.15) is 0 Å². The van der Waals surface area contributed by atoms with Gasteiger partial charge in [-0.15, -0.1) is 24.8 Å². The SMILES string of the molecule is Cl.Cl.[CH2]=[Zr]([CH3])([C]1=C(C)C(C)=CC1C)([c]1ccccc1)[c]1c(C(C)(C)C)ccc2c1Cc1cc(C(C)(C)C)ccc1-2. The first-order chi connectivity index (χ1) is 17.5. The second-order valence-electron chi connectivity index (χ2n) is 14.6. The molecule has 3 aromatic rings. The molecule has 3 aromatic carbocycles. The molecule has 1 unspecified atom stereocenters. The fourth-order valence-corrected chi connectivity index (χ4v) is 24.2. The molecule has 0 amide bonds. The Balaban J connectivity index is 0.00000220. The molecule has 40 heavy (non-hydrogen) atoms. The molecule has 2 aliphatic carbocycles. The number of hydrogen-bond donors (Lipinski definition) is 0. The second kappa shape index (κ2) is 10.6. The molecule has 2 aliphatic rings. The number of hydrogen-bond acceptors (Lipinski definition) is 0. The van der Waals surface area contributed by atoms with E-state index >= 15 is 0 Å². The van der Waals surface area contributed by atoms with E-state index in [1.807, 2.05) is 0 Å². The normalized spacial score (nSPS) is 17.1. The van der Waals surface area contributed by atoms with Crippen LogP contribution in [0.2, 0.25) is 4.63 Å². The Morgan fingerprint density at radius 3 is 1.93 bits per heavy atom. The molecule has 1 atom stereocenters. The summed E-state index contributed by atoms with van der Waals surface area (Å²) in [5.74, 6) is 0.406. The molecule has 0 saturated heterocycles. The van der Waals surface area contributed by atoms with Crippen molar-refractivity contribution in [2.24, 2.45) is 5.92 Å². The fraction of sp³-hybridized carbons (Fsp3) is 0.378. The van der Waals surface area contributed by atoms with E-state index < -0.39 is 18.3 Å². The van der Waals surface area contributed by atoms with Crippen molar-refractivity contribution < 1.29 is 18.3 Å². The Labute approximate surface area is 256 Å². The number of fused-ring (bicyclic) bond motifs is 3. The molecule has 0 spiro atoms. The van der Waals surface area contributed by atoms with Crippen LogP contribution in [0.1, 0.15) is 84.6 Å². The van der Waals surface area contributed by atoms with Gasteiger partial charge in [0.15, 0.2) is 0 Å². The van der Waals surface area contributed by atoms with Crippen molar-refractivity contribution in [2.75, 3.05) is 0 Å². The van der Waals surface area contributed by atoms with Gasteiger partial charge in [0.05, 0.1) is 0 Å². The van der Waals surface area contributed by atoms with E-state index in [0.717, 1.165) is 6.42 Å². The Morgan fingerprint density at radius 2 is 1.40 bits per heavy atom. The second-order valence-corrected chi connectivity index (χ2v) is 28.5. The summed E-state index contributed by atoms with van der Waals surface area (Å²) < 4.78 is 12.9. The average Bonchev–Trinajstić information content (AvgIpc) is 3.33. The molecule has 214 valence electrons. The van der Waals surface area contributed by atoms with Gasteiger partial charge in [-0.05, 0) is 0 Å². The standard InChI is InChI=1S/C21H25.C8H11.C6H5.CH3.CH2.2ClH.Zr/c1-20(2,3)16-7-9-18-14(12-16)11-15-13-17(21(4,5)6)8-10-19(15)18;1-6-4-7(2)8(3)5-6;1-2-4-6-5-3-1;;;;;/h7-10,12H,11H2,1-6H3;4,6H,1-3H3;1-5H;1H3;1H2;2*1H;. The van der Waals surface area contributed by atoms with Crippen molar-refractivity contribution in [3.05, 3.63) is 103 Å². The van der Waals surface area contributed by atoms with E-state index in [-0.39, 0.29) is 35.6 Å². The van der Waals surface area contributed by atoms with Crippen LogP contribution >= 0.6 is 24.8 Å². The molecule has 0 N–H and O–H groups in total. The summed E-state index contributed by atoms with van der Waals surface area (Å²) in [6.45, 7) is 21.2. The third-order valence-electron chi connectivity index (χ3n) is 9.66. The number of benzene rings is 3. The van der Waals surface area contributed by atoms with Gasteiger partial charge in [-0.3, -0.25) is 0 Å². The Kier molecular flexibility index (Phi) is 8.77. The van der Waals surface area contributed by atoms with Crippen LogP contribution in [0.4, 0.5) is 0 Å². The van der Waals surface area contributed by atoms with Crippen LogP contribution in [-0.2, 0) is 35.5 Å². The molecule has 0 bridgehead atoms. The number of rotatable bonds is 3. The zero-order chi connectivity index (χ0) is 27.9. The molecule has 3 heteroatoms. The molecular formula is C37H48Cl2Zr. The summed E-state index contributed by atoms with van der Waals surface area (Å²) in [6.07, 6.45) is 3.49. The molecule has 5 rings (SSSR count). The van der Waals surface area contributed by atoms with E-state index in [0.29, 0.717) is 5.92 Å². The first-order valence-corrected chi connectivity index (χ1v) is 22.2. The van der Waals surface area contributed by atoms with Gasteiger partial charge in [-0.25, -0.2) is 0 Å². The van der Waals surface area contributed by atoms with Crippen LogP contribution in [0.5, 0.6) is 0 Å². The third kappa shape index (κ3) is 4.93. The molecule has 0 heterocycles. The topological polar surface area (TPSA) is 0 Å². The zero-order valence-corrected chi connectivity index (χ0v) is 30.2. The summed E-state index contributed by atoms with van der Waals surface area (Å²) in [5, 5.41) is 0. The zero-order valence-electron chi connectivity index (χ0n) is 26.2. The molecule has 0 aromatic heterocycles. The summed E-state index contributed by atoms with van der Waals surface area (Å²) in [5.41, 5.74) is 11.8. The Morgan fingerprint density at radius 1 is 0.800 bits per heavy atom. The summed E-state index contributed by atoms with van der Waals surface area (Å²) in [7, 11) is 0. The van der Waals surface area contributed by atoms with Crippen LogP contribution < -0.4 is 6.54 Å². The van der Waals surface area contributed by atoms with Gasteiger partial charge in [-0.1, -0.05) is 0 Å². The first kappa shape index (κ1) is 33.0. The Bertz CT molecular complexity index is 1590. The van der Waals surface area contributed by atoms with Gasteiger partial charge in [0.25, 0.3) is 0 Å². The fourth-order valence-electron chi connectivity index (χ4n) is 7.73. The number of halogens is 2. The van der Waals surface area contributed by atoms with E-state index in [2.05, 4.69) is 134 Å². The maximum absolute atomic E-state index is 5.55. The molecule has 0 radical (unpaired) electrons. The molecule has 0 aliphatic heterocycles. The van der Waals surface area contributed by atoms with Crippen molar-refractivity contribution in [1.29, 1.82) is 0 Å². The van der Waals surface area contributed by atoms with E-state index in [1.165, 1.54) is 42.2 Å². The van der Waals surface area contributed by atoms with E-state index in [9.17, 15) is 0 Å². The third-order valence-corrected chi connectivity index (χ3v) is 24.7. The monoisotopic (exact) mass is 652 g/mol. The quantitative estimate of drug-likeness (QED) is 0.206. The van der Waals surface area contributed by atoms with E-state index in [1.54, 1.807) is 12.1 Å². The van der Waals surface area contributed by atoms with E-state index in [4.69, 9.17) is 4.21 Å². The summed E-state index contributed by atoms with van der Waals surface area (Å²) in [6, 6.07) is 23.5. The maximum atomic E-state index is 5.55. The number of allylic oxidation sites excluding steroid dienone is 4. The van der Waals surface area contributed by atoms with Crippen LogP contribution in [0.15, 0.2) is 81.2 Å². The van der Waals surface area contributed by atoms with Crippen molar-refractivity contribution in [2.45, 2.75) is 84.2 Å². The first-order valence-electron chi connectivity index (χ1n) is 14.4. The van der Waals surface area contributed by atoms with Gasteiger partial charge in [0, 0.05) is 0 Å². The summed E-state index contributed by atoms with van der Waals surface area (Å²) >= 11 is -4.36. The van der Waals surface area contributed by atoms with Gasteiger partial charge < -0.3 is 0 Å². The van der Waals surface area contributed by atoms with Gasteiger partial charge >= 0.3 is 234 Å².